The first kappa shape index (κ1) is 8.11. The van der Waals surface area contributed by atoms with Crippen LogP contribution in [0.1, 0.15) is 19.4 Å². The Morgan fingerprint density at radius 2 is 2.09 bits per heavy atom. The number of aromatic nitrogens is 1. The average Bonchev–Trinajstić information content (AvgIpc) is 1.86. The third-order valence-electron chi connectivity index (χ3n) is 1.40. The molecule has 0 fully saturated rings. The Morgan fingerprint density at radius 3 is 2.45 bits per heavy atom. The van der Waals surface area contributed by atoms with Crippen molar-refractivity contribution in [1.29, 1.82) is 0 Å². The van der Waals surface area contributed by atoms with Crippen molar-refractivity contribution in [2.24, 2.45) is 0 Å². The molecule has 0 spiro atoms. The molecule has 0 N–H and O–H groups in total. The van der Waals surface area contributed by atoms with Gasteiger partial charge in [-0.25, -0.2) is 9.37 Å². The largest absolute Gasteiger partial charge is 0.239 e. The van der Waals surface area contributed by atoms with Crippen LogP contribution in [0, 0.1) is 5.95 Å². The van der Waals surface area contributed by atoms with Crippen molar-refractivity contribution < 1.29 is 8.78 Å². The van der Waals surface area contributed by atoms with Gasteiger partial charge in [0.2, 0.25) is 5.95 Å². The van der Waals surface area contributed by atoms with Gasteiger partial charge in [-0.2, -0.15) is 4.39 Å². The minimum Gasteiger partial charge on any atom is -0.239 e. The van der Waals surface area contributed by atoms with Crippen molar-refractivity contribution in [3.63, 3.8) is 0 Å². The van der Waals surface area contributed by atoms with Gasteiger partial charge < -0.3 is 0 Å². The third kappa shape index (κ3) is 1.73. The summed E-state index contributed by atoms with van der Waals surface area (Å²) in [6.07, 6.45) is 1.30. The number of pyridine rings is 1. The lowest BCUT2D eigenvalue weighted by Gasteiger charge is -2.13. The van der Waals surface area contributed by atoms with Crippen LogP contribution in [0.2, 0.25) is 0 Å². The maximum Gasteiger partial charge on any atom is 0.219 e. The minimum absolute atomic E-state index is 0.000000000000000222. The standard InChI is InChI=1S/C8H9F2N/c1-8(2,10)6-4-3-5-11-7(6)9/h3-5H,1-2H3. The van der Waals surface area contributed by atoms with Crippen LogP contribution in [-0.4, -0.2) is 4.98 Å². The molecular formula is C8H9F2N. The molecule has 0 unspecified atom stereocenters. The smallest absolute Gasteiger partial charge is 0.219 e. The Hall–Kier alpha value is -0.990. The predicted molar refractivity (Wildman–Crippen MR) is 38.3 cm³/mol. The molecule has 60 valence electrons. The SMILES string of the molecule is CC(C)(F)c1cccnc1F. The van der Waals surface area contributed by atoms with E-state index in [9.17, 15) is 8.78 Å². The molecule has 1 aromatic rings. The van der Waals surface area contributed by atoms with Gasteiger partial charge in [-0.3, -0.25) is 0 Å². The van der Waals surface area contributed by atoms with E-state index >= 15 is 0 Å². The zero-order chi connectivity index (χ0) is 8.48. The van der Waals surface area contributed by atoms with Crippen molar-refractivity contribution in [1.82, 2.24) is 4.98 Å². The van der Waals surface area contributed by atoms with Gasteiger partial charge >= 0.3 is 0 Å². The van der Waals surface area contributed by atoms with E-state index in [2.05, 4.69) is 4.98 Å². The average molecular weight is 157 g/mol. The van der Waals surface area contributed by atoms with Gasteiger partial charge in [-0.1, -0.05) is 0 Å². The predicted octanol–water partition coefficient (Wildman–Crippen LogP) is 2.43. The Morgan fingerprint density at radius 1 is 1.45 bits per heavy atom. The Balaban J connectivity index is 3.14. The van der Waals surface area contributed by atoms with E-state index in [4.69, 9.17) is 0 Å². The van der Waals surface area contributed by atoms with Gasteiger partial charge in [0.15, 0.2) is 0 Å². The van der Waals surface area contributed by atoms with Gasteiger partial charge in [-0.15, -0.1) is 0 Å². The van der Waals surface area contributed by atoms with Crippen LogP contribution >= 0.6 is 0 Å². The molecule has 0 saturated carbocycles. The highest BCUT2D eigenvalue weighted by molar-refractivity contribution is 5.17. The molecule has 0 aliphatic rings. The molecule has 0 aliphatic heterocycles. The minimum atomic E-state index is -1.65. The molecule has 0 amide bonds. The Kier molecular flexibility index (Phi) is 1.89. The van der Waals surface area contributed by atoms with Crippen molar-refractivity contribution in [3.8, 4) is 0 Å². The third-order valence-corrected chi connectivity index (χ3v) is 1.40. The highest BCUT2D eigenvalue weighted by atomic mass is 19.1. The molecule has 0 bridgehead atoms. The number of hydrogen-bond donors (Lipinski definition) is 0. The van der Waals surface area contributed by atoms with Crippen LogP contribution in [-0.2, 0) is 5.67 Å². The number of alkyl halides is 1. The summed E-state index contributed by atoms with van der Waals surface area (Å²) in [4.78, 5) is 3.34. The lowest BCUT2D eigenvalue weighted by molar-refractivity contribution is 0.212. The quantitative estimate of drug-likeness (QED) is 0.570. The second kappa shape index (κ2) is 2.57. The van der Waals surface area contributed by atoms with Crippen LogP contribution in [0.4, 0.5) is 8.78 Å². The summed E-state index contributed by atoms with van der Waals surface area (Å²) in [5, 5.41) is 0. The Bertz CT molecular complexity index is 253. The summed E-state index contributed by atoms with van der Waals surface area (Å²) in [7, 11) is 0. The first-order chi connectivity index (χ1) is 5.02. The fourth-order valence-corrected chi connectivity index (χ4v) is 0.829. The number of hydrogen-bond acceptors (Lipinski definition) is 1. The topological polar surface area (TPSA) is 12.9 Å². The van der Waals surface area contributed by atoms with Gasteiger partial charge in [0.25, 0.3) is 0 Å². The molecular weight excluding hydrogens is 148 g/mol. The van der Waals surface area contributed by atoms with E-state index in [-0.39, 0.29) is 5.56 Å². The maximum atomic E-state index is 13.1. The zero-order valence-electron chi connectivity index (χ0n) is 6.44. The van der Waals surface area contributed by atoms with Crippen molar-refractivity contribution in [3.05, 3.63) is 29.8 Å². The van der Waals surface area contributed by atoms with E-state index in [1.54, 1.807) is 0 Å². The van der Waals surface area contributed by atoms with Crippen LogP contribution in [0.15, 0.2) is 18.3 Å². The fourth-order valence-electron chi connectivity index (χ4n) is 0.829. The van der Waals surface area contributed by atoms with E-state index < -0.39 is 11.6 Å². The van der Waals surface area contributed by atoms with E-state index in [1.807, 2.05) is 0 Å². The summed E-state index contributed by atoms with van der Waals surface area (Å²) < 4.78 is 25.8. The summed E-state index contributed by atoms with van der Waals surface area (Å²) in [5.41, 5.74) is -1.65. The highest BCUT2D eigenvalue weighted by Crippen LogP contribution is 2.25. The number of rotatable bonds is 1. The van der Waals surface area contributed by atoms with E-state index in [1.165, 1.54) is 32.2 Å². The molecule has 11 heavy (non-hydrogen) atoms. The molecule has 1 nitrogen and oxygen atoms in total. The summed E-state index contributed by atoms with van der Waals surface area (Å²) in [6, 6.07) is 2.90. The molecule has 1 rings (SSSR count). The van der Waals surface area contributed by atoms with E-state index in [0.717, 1.165) is 0 Å². The molecule has 0 aliphatic carbocycles. The summed E-state index contributed by atoms with van der Waals surface area (Å²) in [5.74, 6) is -0.736. The molecule has 0 atom stereocenters. The van der Waals surface area contributed by atoms with Gasteiger partial charge in [-0.05, 0) is 26.0 Å². The lowest BCUT2D eigenvalue weighted by atomic mass is 10.0. The van der Waals surface area contributed by atoms with Crippen LogP contribution < -0.4 is 0 Å². The van der Waals surface area contributed by atoms with Crippen molar-refractivity contribution >= 4 is 0 Å². The zero-order valence-corrected chi connectivity index (χ0v) is 6.44. The molecule has 0 aromatic carbocycles. The molecule has 0 radical (unpaired) electrons. The first-order valence-corrected chi connectivity index (χ1v) is 3.32. The molecule has 1 heterocycles. The van der Waals surface area contributed by atoms with Gasteiger partial charge in [0, 0.05) is 11.8 Å². The molecule has 3 heteroatoms. The molecule has 0 saturated heterocycles. The monoisotopic (exact) mass is 157 g/mol. The van der Waals surface area contributed by atoms with Crippen LogP contribution in [0.5, 0.6) is 0 Å². The number of halogens is 2. The van der Waals surface area contributed by atoms with Crippen LogP contribution in [0.3, 0.4) is 0 Å². The van der Waals surface area contributed by atoms with Crippen LogP contribution in [0.25, 0.3) is 0 Å². The fraction of sp³-hybridized carbons (Fsp3) is 0.375. The maximum absolute atomic E-state index is 13.1. The van der Waals surface area contributed by atoms with Gasteiger partial charge in [0.1, 0.15) is 5.67 Å². The van der Waals surface area contributed by atoms with Crippen molar-refractivity contribution in [2.75, 3.05) is 0 Å². The highest BCUT2D eigenvalue weighted by Gasteiger charge is 2.22. The second-order valence-corrected chi connectivity index (χ2v) is 2.81. The van der Waals surface area contributed by atoms with E-state index in [0.29, 0.717) is 0 Å². The first-order valence-electron chi connectivity index (χ1n) is 3.32. The summed E-state index contributed by atoms with van der Waals surface area (Å²) in [6.45, 7) is 2.60. The lowest BCUT2D eigenvalue weighted by Crippen LogP contribution is -2.12. The molecule has 1 aromatic heterocycles. The summed E-state index contributed by atoms with van der Waals surface area (Å²) >= 11 is 0. The normalized spacial score (nSPS) is 11.6. The Labute approximate surface area is 64.1 Å². The van der Waals surface area contributed by atoms with Crippen molar-refractivity contribution in [2.45, 2.75) is 19.5 Å². The second-order valence-electron chi connectivity index (χ2n) is 2.81. The van der Waals surface area contributed by atoms with Gasteiger partial charge in [0.05, 0.1) is 0 Å². The number of nitrogens with zero attached hydrogens (tertiary/aromatic N) is 1.